The second kappa shape index (κ2) is 3.93. The van der Waals surface area contributed by atoms with Gasteiger partial charge >= 0.3 is 5.97 Å². The van der Waals surface area contributed by atoms with E-state index in [-0.39, 0.29) is 5.84 Å². The van der Waals surface area contributed by atoms with Gasteiger partial charge in [-0.3, -0.25) is 10.4 Å². The fourth-order valence-electron chi connectivity index (χ4n) is 1.77. The summed E-state index contributed by atoms with van der Waals surface area (Å²) in [5.41, 5.74) is 2.91. The van der Waals surface area contributed by atoms with E-state index < -0.39 is 5.97 Å². The van der Waals surface area contributed by atoms with Crippen LogP contribution in [0.15, 0.2) is 47.2 Å². The Bertz CT molecular complexity index is 508. The zero-order valence-corrected chi connectivity index (χ0v) is 9.09. The van der Waals surface area contributed by atoms with Gasteiger partial charge in [0.15, 0.2) is 0 Å². The second-order valence-electron chi connectivity index (χ2n) is 3.78. The first kappa shape index (κ1) is 9.89. The molecule has 0 atom stereocenters. The first-order valence-corrected chi connectivity index (χ1v) is 5.43. The minimum atomic E-state index is -0.466. The molecule has 0 spiro atoms. The number of hydrogen-bond acceptors (Lipinski definition) is 5. The van der Waals surface area contributed by atoms with Gasteiger partial charge in [0.25, 0.3) is 0 Å². The molecular formula is C12H11N3O2. The molecule has 2 heterocycles. The first-order valence-electron chi connectivity index (χ1n) is 5.43. The third-order valence-corrected chi connectivity index (χ3v) is 2.57. The number of esters is 1. The number of hydrogen-bond donors (Lipinski definition) is 1. The maximum Gasteiger partial charge on any atom is 0.381 e. The number of para-hydroxylation sites is 1. The molecule has 5 nitrogen and oxygen atoms in total. The molecule has 2 aliphatic heterocycles. The largest absolute Gasteiger partial charge is 0.421 e. The number of carbonyl (C=O) groups is 1. The summed E-state index contributed by atoms with van der Waals surface area (Å²) in [4.78, 5) is 15.9. The Labute approximate surface area is 98.4 Å². The summed E-state index contributed by atoms with van der Waals surface area (Å²) in [6, 6.07) is 8.95. The lowest BCUT2D eigenvalue weighted by molar-refractivity contribution is -0.127. The first-order chi connectivity index (χ1) is 8.33. The van der Waals surface area contributed by atoms with Crippen molar-refractivity contribution in [2.75, 3.05) is 6.54 Å². The van der Waals surface area contributed by atoms with Crippen molar-refractivity contribution in [3.63, 3.8) is 0 Å². The Morgan fingerprint density at radius 2 is 2.18 bits per heavy atom. The van der Waals surface area contributed by atoms with Gasteiger partial charge in [-0.25, -0.2) is 9.79 Å². The van der Waals surface area contributed by atoms with Gasteiger partial charge in [0, 0.05) is 6.54 Å². The smallest absolute Gasteiger partial charge is 0.381 e. The highest BCUT2D eigenvalue weighted by Gasteiger charge is 2.27. The van der Waals surface area contributed by atoms with Crippen molar-refractivity contribution in [1.29, 1.82) is 0 Å². The number of hydrazine groups is 1. The Balaban J connectivity index is 1.72. The predicted octanol–water partition coefficient (Wildman–Crippen LogP) is 1.06. The molecule has 3 rings (SSSR count). The van der Waals surface area contributed by atoms with E-state index in [9.17, 15) is 4.79 Å². The van der Waals surface area contributed by atoms with Crippen molar-refractivity contribution in [2.24, 2.45) is 4.99 Å². The molecule has 1 aromatic rings. The van der Waals surface area contributed by atoms with Crippen LogP contribution in [0.3, 0.4) is 0 Å². The summed E-state index contributed by atoms with van der Waals surface area (Å²) < 4.78 is 5.18. The standard InChI is InChI=1S/C12H11N3O2/c16-12(17-9-5-2-1-3-6-9)11-13-10-7-4-8-15(10)14-11/h1-3,5-7H,4,8H2,(H,13,14). The third-order valence-electron chi connectivity index (χ3n) is 2.57. The highest BCUT2D eigenvalue weighted by atomic mass is 16.5. The van der Waals surface area contributed by atoms with Crippen LogP contribution in [-0.2, 0) is 4.79 Å². The number of benzene rings is 1. The quantitative estimate of drug-likeness (QED) is 0.608. The van der Waals surface area contributed by atoms with Crippen LogP contribution < -0.4 is 10.2 Å². The van der Waals surface area contributed by atoms with Crippen molar-refractivity contribution >= 4 is 11.8 Å². The summed E-state index contributed by atoms with van der Waals surface area (Å²) in [6.45, 7) is 0.834. The lowest BCUT2D eigenvalue weighted by Gasteiger charge is -2.13. The molecule has 0 aliphatic carbocycles. The lowest BCUT2D eigenvalue weighted by atomic mass is 10.3. The van der Waals surface area contributed by atoms with Crippen molar-refractivity contribution < 1.29 is 9.53 Å². The van der Waals surface area contributed by atoms with E-state index in [1.54, 1.807) is 12.1 Å². The molecule has 17 heavy (non-hydrogen) atoms. The Kier molecular flexibility index (Phi) is 2.29. The average molecular weight is 229 g/mol. The van der Waals surface area contributed by atoms with Gasteiger partial charge in [-0.2, -0.15) is 0 Å². The van der Waals surface area contributed by atoms with Crippen LogP contribution in [0.25, 0.3) is 0 Å². The van der Waals surface area contributed by atoms with Gasteiger partial charge in [0.2, 0.25) is 5.84 Å². The fraction of sp³-hybridized carbons (Fsp3) is 0.167. The number of aliphatic imine (C=N–C) groups is 1. The maximum absolute atomic E-state index is 11.8. The summed E-state index contributed by atoms with van der Waals surface area (Å²) in [7, 11) is 0. The van der Waals surface area contributed by atoms with Gasteiger partial charge in [-0.05, 0) is 24.6 Å². The molecule has 5 heteroatoms. The number of fused-ring (bicyclic) bond motifs is 1. The molecule has 0 radical (unpaired) electrons. The average Bonchev–Trinajstić information content (AvgIpc) is 2.90. The van der Waals surface area contributed by atoms with Gasteiger partial charge in [-0.1, -0.05) is 18.2 Å². The summed E-state index contributed by atoms with van der Waals surface area (Å²) >= 11 is 0. The van der Waals surface area contributed by atoms with Gasteiger partial charge in [-0.15, -0.1) is 0 Å². The molecule has 1 aromatic carbocycles. The van der Waals surface area contributed by atoms with Crippen LogP contribution in [0.4, 0.5) is 0 Å². The molecule has 0 amide bonds. The minimum absolute atomic E-state index is 0.236. The monoisotopic (exact) mass is 229 g/mol. The zero-order chi connectivity index (χ0) is 11.7. The van der Waals surface area contributed by atoms with Crippen LogP contribution >= 0.6 is 0 Å². The number of amidine groups is 1. The van der Waals surface area contributed by atoms with E-state index in [2.05, 4.69) is 10.4 Å². The summed E-state index contributed by atoms with van der Waals surface area (Å²) in [5.74, 6) is 1.08. The number of ether oxygens (including phenoxy) is 1. The number of nitrogens with one attached hydrogen (secondary N) is 1. The fourth-order valence-corrected chi connectivity index (χ4v) is 1.77. The highest BCUT2D eigenvalue weighted by molar-refractivity contribution is 6.36. The topological polar surface area (TPSA) is 53.9 Å². The summed E-state index contributed by atoms with van der Waals surface area (Å²) in [6.07, 6.45) is 2.93. The van der Waals surface area contributed by atoms with E-state index in [1.165, 1.54) is 0 Å². The normalized spacial score (nSPS) is 17.1. The molecular weight excluding hydrogens is 218 g/mol. The van der Waals surface area contributed by atoms with Crippen molar-refractivity contribution in [1.82, 2.24) is 10.4 Å². The van der Waals surface area contributed by atoms with E-state index in [4.69, 9.17) is 4.74 Å². The molecule has 0 unspecified atom stereocenters. The van der Waals surface area contributed by atoms with Crippen LogP contribution in [0, 0.1) is 0 Å². The Morgan fingerprint density at radius 3 is 2.94 bits per heavy atom. The van der Waals surface area contributed by atoms with E-state index in [1.807, 2.05) is 29.3 Å². The molecule has 86 valence electrons. The Morgan fingerprint density at radius 1 is 1.35 bits per heavy atom. The molecule has 2 aliphatic rings. The SMILES string of the molecule is O=C(Oc1ccccc1)C1=NC2=CCCN2N1. The maximum atomic E-state index is 11.8. The number of nitrogens with zero attached hydrogens (tertiary/aromatic N) is 2. The van der Waals surface area contributed by atoms with Crippen LogP contribution in [0.5, 0.6) is 5.75 Å². The number of rotatable bonds is 2. The van der Waals surface area contributed by atoms with Crippen molar-refractivity contribution in [3.8, 4) is 5.75 Å². The highest BCUT2D eigenvalue weighted by Crippen LogP contribution is 2.18. The van der Waals surface area contributed by atoms with Crippen LogP contribution in [-0.4, -0.2) is 23.4 Å². The van der Waals surface area contributed by atoms with Crippen molar-refractivity contribution in [3.05, 3.63) is 42.2 Å². The predicted molar refractivity (Wildman–Crippen MR) is 62.1 cm³/mol. The zero-order valence-electron chi connectivity index (χ0n) is 9.09. The van der Waals surface area contributed by atoms with Gasteiger partial charge in [0.05, 0.1) is 0 Å². The summed E-state index contributed by atoms with van der Waals surface area (Å²) in [5, 5.41) is 1.83. The van der Waals surface area contributed by atoms with E-state index >= 15 is 0 Å². The number of carbonyl (C=O) groups excluding carboxylic acids is 1. The molecule has 0 saturated carbocycles. The third kappa shape index (κ3) is 1.87. The van der Waals surface area contributed by atoms with Gasteiger partial charge in [0.1, 0.15) is 11.6 Å². The van der Waals surface area contributed by atoms with Crippen LogP contribution in [0.2, 0.25) is 0 Å². The van der Waals surface area contributed by atoms with Crippen LogP contribution in [0.1, 0.15) is 6.42 Å². The molecule has 0 bridgehead atoms. The minimum Gasteiger partial charge on any atom is -0.421 e. The molecule has 0 aromatic heterocycles. The molecule has 0 fully saturated rings. The van der Waals surface area contributed by atoms with E-state index in [0.717, 1.165) is 18.8 Å². The second-order valence-corrected chi connectivity index (χ2v) is 3.78. The lowest BCUT2D eigenvalue weighted by Crippen LogP contribution is -2.39. The van der Waals surface area contributed by atoms with E-state index in [0.29, 0.717) is 5.75 Å². The van der Waals surface area contributed by atoms with Gasteiger partial charge < -0.3 is 4.74 Å². The van der Waals surface area contributed by atoms with Crippen molar-refractivity contribution in [2.45, 2.75) is 6.42 Å². The molecule has 0 saturated heterocycles. The molecule has 1 N–H and O–H groups in total. The Hall–Kier alpha value is -2.30.